The van der Waals surface area contributed by atoms with E-state index in [1.54, 1.807) is 0 Å². The van der Waals surface area contributed by atoms with Crippen molar-refractivity contribution in [1.29, 1.82) is 0 Å². The first-order chi connectivity index (χ1) is 8.08. The molecule has 0 bridgehead atoms. The van der Waals surface area contributed by atoms with E-state index in [-0.39, 0.29) is 17.4 Å². The molecule has 1 heterocycles. The highest BCUT2D eigenvalue weighted by Crippen LogP contribution is 2.46. The Hall–Kier alpha value is -1.31. The molecule has 1 aromatic carbocycles. The van der Waals surface area contributed by atoms with Crippen molar-refractivity contribution < 1.29 is 4.79 Å². The van der Waals surface area contributed by atoms with Crippen LogP contribution in [0.5, 0.6) is 0 Å². The average molecular weight is 231 g/mol. The number of rotatable bonds is 3. The molecule has 1 aliphatic heterocycles. The Morgan fingerprint density at radius 1 is 1.18 bits per heavy atom. The van der Waals surface area contributed by atoms with Gasteiger partial charge in [-0.1, -0.05) is 32.0 Å². The number of fused-ring (bicyclic) bond motifs is 1. The van der Waals surface area contributed by atoms with Gasteiger partial charge in [0, 0.05) is 11.7 Å². The molecule has 2 rings (SSSR count). The predicted molar refractivity (Wildman–Crippen MR) is 71.3 cm³/mol. The van der Waals surface area contributed by atoms with Gasteiger partial charge >= 0.3 is 0 Å². The number of para-hydroxylation sites is 1. The Morgan fingerprint density at radius 3 is 2.29 bits per heavy atom. The number of amides is 1. The molecule has 0 atom stereocenters. The summed E-state index contributed by atoms with van der Waals surface area (Å²) >= 11 is 0. The Labute approximate surface area is 104 Å². The summed E-state index contributed by atoms with van der Waals surface area (Å²) in [4.78, 5) is 14.7. The van der Waals surface area contributed by atoms with E-state index in [1.165, 1.54) is 5.56 Å². The fraction of sp³-hybridized carbons (Fsp3) is 0.533. The summed E-state index contributed by atoms with van der Waals surface area (Å²) in [6.45, 7) is 8.39. The maximum Gasteiger partial charge on any atom is 0.237 e. The van der Waals surface area contributed by atoms with Gasteiger partial charge in [-0.2, -0.15) is 0 Å². The standard InChI is InChI=1S/C15H21NO/c1-5-15(6-2)12-9-7-8-10-13(12)16(11(3)4)14(15)17/h7-11H,5-6H2,1-4H3. The van der Waals surface area contributed by atoms with Crippen LogP contribution < -0.4 is 4.90 Å². The van der Waals surface area contributed by atoms with E-state index < -0.39 is 0 Å². The molecular weight excluding hydrogens is 210 g/mol. The minimum atomic E-state index is -0.291. The third kappa shape index (κ3) is 1.50. The number of benzene rings is 1. The smallest absolute Gasteiger partial charge is 0.237 e. The summed E-state index contributed by atoms with van der Waals surface area (Å²) in [5.74, 6) is 0.277. The fourth-order valence-electron chi connectivity index (χ4n) is 2.99. The second-order valence-electron chi connectivity index (χ2n) is 5.08. The predicted octanol–water partition coefficient (Wildman–Crippen LogP) is 3.50. The van der Waals surface area contributed by atoms with Gasteiger partial charge < -0.3 is 4.90 Å². The van der Waals surface area contributed by atoms with Crippen molar-refractivity contribution in [2.75, 3.05) is 4.90 Å². The minimum absolute atomic E-state index is 0.226. The molecule has 0 saturated carbocycles. The molecule has 0 radical (unpaired) electrons. The lowest BCUT2D eigenvalue weighted by Crippen LogP contribution is -2.42. The summed E-state index contributed by atoms with van der Waals surface area (Å²) in [6, 6.07) is 8.46. The quantitative estimate of drug-likeness (QED) is 0.779. The van der Waals surface area contributed by atoms with E-state index in [0.717, 1.165) is 18.5 Å². The number of hydrogen-bond donors (Lipinski definition) is 0. The first kappa shape index (κ1) is 12.2. The highest BCUT2D eigenvalue weighted by Gasteiger charge is 2.48. The number of anilines is 1. The van der Waals surface area contributed by atoms with E-state index in [1.807, 2.05) is 17.0 Å². The number of carbonyl (C=O) groups excluding carboxylic acids is 1. The van der Waals surface area contributed by atoms with E-state index in [4.69, 9.17) is 0 Å². The fourth-order valence-corrected chi connectivity index (χ4v) is 2.99. The maximum absolute atomic E-state index is 12.7. The van der Waals surface area contributed by atoms with E-state index in [0.29, 0.717) is 0 Å². The third-order valence-electron chi connectivity index (χ3n) is 4.03. The van der Waals surface area contributed by atoms with Gasteiger partial charge in [0.05, 0.1) is 5.41 Å². The van der Waals surface area contributed by atoms with Gasteiger partial charge in [-0.25, -0.2) is 0 Å². The van der Waals surface area contributed by atoms with Crippen LogP contribution in [-0.2, 0) is 10.2 Å². The first-order valence-electron chi connectivity index (χ1n) is 6.51. The zero-order valence-corrected chi connectivity index (χ0v) is 11.2. The van der Waals surface area contributed by atoms with Crippen LogP contribution in [0.1, 0.15) is 46.1 Å². The van der Waals surface area contributed by atoms with Crippen molar-refractivity contribution >= 4 is 11.6 Å². The molecule has 0 saturated heterocycles. The highest BCUT2D eigenvalue weighted by atomic mass is 16.2. The molecule has 0 aromatic heterocycles. The van der Waals surface area contributed by atoms with Crippen LogP contribution >= 0.6 is 0 Å². The van der Waals surface area contributed by atoms with Crippen LogP contribution in [0.3, 0.4) is 0 Å². The Morgan fingerprint density at radius 2 is 1.76 bits per heavy atom. The highest BCUT2D eigenvalue weighted by molar-refractivity contribution is 6.08. The van der Waals surface area contributed by atoms with Gasteiger partial charge in [-0.15, -0.1) is 0 Å². The van der Waals surface area contributed by atoms with Gasteiger partial charge in [0.15, 0.2) is 0 Å². The van der Waals surface area contributed by atoms with Crippen molar-refractivity contribution in [2.45, 2.75) is 52.0 Å². The molecule has 92 valence electrons. The molecule has 1 amide bonds. The lowest BCUT2D eigenvalue weighted by Gasteiger charge is -2.27. The molecule has 0 aliphatic carbocycles. The second kappa shape index (κ2) is 4.17. The molecule has 2 nitrogen and oxygen atoms in total. The van der Waals surface area contributed by atoms with Gasteiger partial charge in [0.2, 0.25) is 5.91 Å². The second-order valence-corrected chi connectivity index (χ2v) is 5.08. The summed E-state index contributed by atoms with van der Waals surface area (Å²) in [7, 11) is 0. The number of nitrogens with zero attached hydrogens (tertiary/aromatic N) is 1. The van der Waals surface area contributed by atoms with Crippen molar-refractivity contribution in [2.24, 2.45) is 0 Å². The summed E-state index contributed by atoms with van der Waals surface area (Å²) in [6.07, 6.45) is 1.76. The lowest BCUT2D eigenvalue weighted by atomic mass is 9.77. The molecular formula is C15H21NO. The van der Waals surface area contributed by atoms with Crippen LogP contribution in [0.2, 0.25) is 0 Å². The summed E-state index contributed by atoms with van der Waals surface area (Å²) in [5, 5.41) is 0. The molecule has 1 aliphatic rings. The lowest BCUT2D eigenvalue weighted by molar-refractivity contribution is -0.123. The van der Waals surface area contributed by atoms with Crippen LogP contribution in [0.25, 0.3) is 0 Å². The zero-order chi connectivity index (χ0) is 12.6. The molecule has 0 fully saturated rings. The van der Waals surface area contributed by atoms with Crippen molar-refractivity contribution in [3.63, 3.8) is 0 Å². The largest absolute Gasteiger partial charge is 0.309 e. The van der Waals surface area contributed by atoms with Crippen LogP contribution in [-0.4, -0.2) is 11.9 Å². The Kier molecular flexibility index (Phi) is 2.98. The van der Waals surface area contributed by atoms with E-state index in [2.05, 4.69) is 39.8 Å². The van der Waals surface area contributed by atoms with E-state index in [9.17, 15) is 4.79 Å². The summed E-state index contributed by atoms with van der Waals surface area (Å²) < 4.78 is 0. The number of carbonyl (C=O) groups is 1. The normalized spacial score (nSPS) is 17.7. The average Bonchev–Trinajstić information content (AvgIpc) is 2.58. The SMILES string of the molecule is CCC1(CC)C(=O)N(C(C)C)c2ccccc21. The van der Waals surface area contributed by atoms with Gasteiger partial charge in [0.1, 0.15) is 0 Å². The molecule has 0 N–H and O–H groups in total. The molecule has 0 unspecified atom stereocenters. The zero-order valence-electron chi connectivity index (χ0n) is 11.2. The van der Waals surface area contributed by atoms with Gasteiger partial charge in [-0.05, 0) is 38.3 Å². The number of hydrogen-bond acceptors (Lipinski definition) is 1. The van der Waals surface area contributed by atoms with Crippen LogP contribution in [0.15, 0.2) is 24.3 Å². The molecule has 0 spiro atoms. The third-order valence-corrected chi connectivity index (χ3v) is 4.03. The van der Waals surface area contributed by atoms with Crippen molar-refractivity contribution in [3.8, 4) is 0 Å². The van der Waals surface area contributed by atoms with Crippen LogP contribution in [0.4, 0.5) is 5.69 Å². The topological polar surface area (TPSA) is 20.3 Å². The monoisotopic (exact) mass is 231 g/mol. The molecule has 1 aromatic rings. The maximum atomic E-state index is 12.7. The first-order valence-corrected chi connectivity index (χ1v) is 6.51. The summed E-state index contributed by atoms with van der Waals surface area (Å²) in [5.41, 5.74) is 2.03. The minimum Gasteiger partial charge on any atom is -0.309 e. The van der Waals surface area contributed by atoms with Gasteiger partial charge in [0.25, 0.3) is 0 Å². The van der Waals surface area contributed by atoms with Gasteiger partial charge in [-0.3, -0.25) is 4.79 Å². The van der Waals surface area contributed by atoms with E-state index >= 15 is 0 Å². The van der Waals surface area contributed by atoms with Crippen LogP contribution in [0, 0.1) is 0 Å². The van der Waals surface area contributed by atoms with Crippen molar-refractivity contribution in [1.82, 2.24) is 0 Å². The van der Waals surface area contributed by atoms with Crippen molar-refractivity contribution in [3.05, 3.63) is 29.8 Å². The Bertz CT molecular complexity index is 432. The molecule has 2 heteroatoms. The Balaban J connectivity index is 2.64. The molecule has 17 heavy (non-hydrogen) atoms.